The summed E-state index contributed by atoms with van der Waals surface area (Å²) in [5.41, 5.74) is 8.53. The summed E-state index contributed by atoms with van der Waals surface area (Å²) in [5, 5.41) is 0. The highest BCUT2D eigenvalue weighted by atomic mass is 16.2. The van der Waals surface area contributed by atoms with Gasteiger partial charge in [0, 0.05) is 19.6 Å². The number of anilines is 2. The van der Waals surface area contributed by atoms with E-state index in [1.54, 1.807) is 4.90 Å². The van der Waals surface area contributed by atoms with Gasteiger partial charge in [-0.15, -0.1) is 0 Å². The predicted octanol–water partition coefficient (Wildman–Crippen LogP) is 2.71. The first-order valence-electron chi connectivity index (χ1n) is 6.70. The van der Waals surface area contributed by atoms with Gasteiger partial charge in [-0.25, -0.2) is 4.79 Å². The number of nitrogen functional groups attached to an aromatic ring is 1. The lowest BCUT2D eigenvalue weighted by Crippen LogP contribution is -2.31. The summed E-state index contributed by atoms with van der Waals surface area (Å²) < 4.78 is 0. The molecule has 0 aliphatic carbocycles. The number of rotatable bonds is 3. The molecule has 0 bridgehead atoms. The summed E-state index contributed by atoms with van der Waals surface area (Å²) in [6.45, 7) is 2.05. The van der Waals surface area contributed by atoms with E-state index in [0.29, 0.717) is 18.8 Å². The highest BCUT2D eigenvalue weighted by Gasteiger charge is 2.30. The first kappa shape index (κ1) is 12.5. The van der Waals surface area contributed by atoms with Gasteiger partial charge in [0.2, 0.25) is 0 Å². The maximum atomic E-state index is 12.5. The van der Waals surface area contributed by atoms with Crippen LogP contribution in [0.1, 0.15) is 5.56 Å². The topological polar surface area (TPSA) is 49.6 Å². The Hall–Kier alpha value is -2.49. The molecule has 0 atom stereocenters. The minimum absolute atomic E-state index is 0.0201. The lowest BCUT2D eigenvalue weighted by Gasteiger charge is -2.20. The number of benzene rings is 2. The summed E-state index contributed by atoms with van der Waals surface area (Å²) in [7, 11) is 0. The Balaban J connectivity index is 1.76. The molecule has 2 aromatic rings. The second-order valence-corrected chi connectivity index (χ2v) is 4.90. The fourth-order valence-corrected chi connectivity index (χ4v) is 2.49. The number of hydrogen-bond donors (Lipinski definition) is 1. The zero-order chi connectivity index (χ0) is 13.9. The average molecular weight is 267 g/mol. The smallest absolute Gasteiger partial charge is 0.324 e. The van der Waals surface area contributed by atoms with Crippen LogP contribution < -0.4 is 10.6 Å². The van der Waals surface area contributed by atoms with Gasteiger partial charge >= 0.3 is 6.03 Å². The molecule has 0 radical (unpaired) electrons. The van der Waals surface area contributed by atoms with Crippen LogP contribution in [-0.4, -0.2) is 24.0 Å². The highest BCUT2D eigenvalue weighted by molar-refractivity contribution is 5.97. The van der Waals surface area contributed by atoms with Gasteiger partial charge in [0.25, 0.3) is 0 Å². The molecular formula is C16H17N3O. The van der Waals surface area contributed by atoms with Crippen molar-refractivity contribution >= 4 is 17.4 Å². The van der Waals surface area contributed by atoms with E-state index >= 15 is 0 Å². The molecule has 0 aromatic heterocycles. The van der Waals surface area contributed by atoms with Crippen LogP contribution in [0.5, 0.6) is 0 Å². The molecule has 1 fully saturated rings. The first-order chi connectivity index (χ1) is 9.75. The minimum Gasteiger partial charge on any atom is -0.397 e. The normalized spacial score (nSPS) is 14.9. The maximum Gasteiger partial charge on any atom is 0.324 e. The lowest BCUT2D eigenvalue weighted by molar-refractivity contribution is 0.219. The van der Waals surface area contributed by atoms with Gasteiger partial charge in [-0.05, 0) is 17.7 Å². The third kappa shape index (κ3) is 2.32. The number of nitrogens with two attached hydrogens (primary N) is 1. The van der Waals surface area contributed by atoms with Gasteiger partial charge < -0.3 is 10.6 Å². The number of hydrogen-bond acceptors (Lipinski definition) is 2. The zero-order valence-corrected chi connectivity index (χ0v) is 11.2. The molecule has 1 aliphatic heterocycles. The van der Waals surface area contributed by atoms with Crippen LogP contribution in [0.2, 0.25) is 0 Å². The molecule has 2 N–H and O–H groups in total. The van der Waals surface area contributed by atoms with E-state index in [1.165, 1.54) is 0 Å². The van der Waals surface area contributed by atoms with Crippen LogP contribution in [0.4, 0.5) is 16.2 Å². The fourth-order valence-electron chi connectivity index (χ4n) is 2.49. The van der Waals surface area contributed by atoms with E-state index in [-0.39, 0.29) is 6.03 Å². The largest absolute Gasteiger partial charge is 0.397 e. The molecule has 4 heteroatoms. The van der Waals surface area contributed by atoms with Crippen LogP contribution in [0.25, 0.3) is 0 Å². The van der Waals surface area contributed by atoms with E-state index in [0.717, 1.165) is 17.8 Å². The Morgan fingerprint density at radius 1 is 0.950 bits per heavy atom. The molecule has 2 amide bonds. The molecular weight excluding hydrogens is 250 g/mol. The lowest BCUT2D eigenvalue weighted by atomic mass is 10.2. The minimum atomic E-state index is 0.0201. The van der Waals surface area contributed by atoms with Crippen LogP contribution in [0, 0.1) is 0 Å². The number of para-hydroxylation sites is 2. The van der Waals surface area contributed by atoms with E-state index in [2.05, 4.69) is 0 Å². The van der Waals surface area contributed by atoms with Crippen molar-refractivity contribution in [2.75, 3.05) is 23.7 Å². The van der Waals surface area contributed by atoms with E-state index in [4.69, 9.17) is 5.73 Å². The Morgan fingerprint density at radius 2 is 1.65 bits per heavy atom. The molecule has 0 saturated carbocycles. The number of carbonyl (C=O) groups excluding carboxylic acids is 1. The Labute approximate surface area is 118 Å². The summed E-state index contributed by atoms with van der Waals surface area (Å²) in [5.74, 6) is 0. The number of nitrogens with zero attached hydrogens (tertiary/aromatic N) is 2. The van der Waals surface area contributed by atoms with Gasteiger partial charge in [-0.3, -0.25) is 4.90 Å². The Kier molecular flexibility index (Phi) is 3.29. The maximum absolute atomic E-state index is 12.5. The molecule has 0 spiro atoms. The summed E-state index contributed by atoms with van der Waals surface area (Å²) in [6.07, 6.45) is 0. The zero-order valence-electron chi connectivity index (χ0n) is 11.2. The molecule has 1 aliphatic rings. The first-order valence-corrected chi connectivity index (χ1v) is 6.70. The summed E-state index contributed by atoms with van der Waals surface area (Å²) >= 11 is 0. The van der Waals surface area contributed by atoms with Crippen molar-refractivity contribution in [2.24, 2.45) is 0 Å². The van der Waals surface area contributed by atoms with E-state index in [1.807, 2.05) is 59.5 Å². The third-order valence-electron chi connectivity index (χ3n) is 3.54. The second-order valence-electron chi connectivity index (χ2n) is 4.90. The van der Waals surface area contributed by atoms with E-state index in [9.17, 15) is 4.79 Å². The van der Waals surface area contributed by atoms with Gasteiger partial charge in [0.15, 0.2) is 0 Å². The molecule has 2 aromatic carbocycles. The van der Waals surface area contributed by atoms with E-state index < -0.39 is 0 Å². The van der Waals surface area contributed by atoms with Crippen molar-refractivity contribution in [3.63, 3.8) is 0 Å². The summed E-state index contributed by atoms with van der Waals surface area (Å²) in [4.78, 5) is 16.1. The van der Waals surface area contributed by atoms with Gasteiger partial charge in [-0.2, -0.15) is 0 Å². The molecule has 1 saturated heterocycles. The van der Waals surface area contributed by atoms with Crippen LogP contribution in [0.3, 0.4) is 0 Å². The predicted molar refractivity (Wildman–Crippen MR) is 80.4 cm³/mol. The quantitative estimate of drug-likeness (QED) is 0.869. The third-order valence-corrected chi connectivity index (χ3v) is 3.54. The van der Waals surface area contributed by atoms with Crippen LogP contribution in [0.15, 0.2) is 54.6 Å². The van der Waals surface area contributed by atoms with Crippen LogP contribution >= 0.6 is 0 Å². The Morgan fingerprint density at radius 3 is 2.40 bits per heavy atom. The fraction of sp³-hybridized carbons (Fsp3) is 0.188. The molecule has 0 unspecified atom stereocenters. The SMILES string of the molecule is Nc1ccccc1N1CCN(Cc2ccccc2)C1=O. The molecule has 1 heterocycles. The monoisotopic (exact) mass is 267 g/mol. The van der Waals surface area contributed by atoms with Gasteiger partial charge in [-0.1, -0.05) is 42.5 Å². The van der Waals surface area contributed by atoms with Crippen LogP contribution in [-0.2, 0) is 6.54 Å². The van der Waals surface area contributed by atoms with Crippen molar-refractivity contribution in [3.8, 4) is 0 Å². The highest BCUT2D eigenvalue weighted by Crippen LogP contribution is 2.26. The molecule has 102 valence electrons. The number of urea groups is 1. The number of carbonyl (C=O) groups is 1. The molecule has 20 heavy (non-hydrogen) atoms. The second kappa shape index (κ2) is 5.25. The standard InChI is InChI=1S/C16H17N3O/c17-14-8-4-5-9-15(14)19-11-10-18(16(19)20)12-13-6-2-1-3-7-13/h1-9H,10-12,17H2. The Bertz CT molecular complexity index is 612. The van der Waals surface area contributed by atoms with Gasteiger partial charge in [0.05, 0.1) is 11.4 Å². The van der Waals surface area contributed by atoms with Crippen molar-refractivity contribution < 1.29 is 4.79 Å². The average Bonchev–Trinajstić information content (AvgIpc) is 2.82. The van der Waals surface area contributed by atoms with Crippen molar-refractivity contribution in [3.05, 3.63) is 60.2 Å². The van der Waals surface area contributed by atoms with Crippen molar-refractivity contribution in [2.45, 2.75) is 6.54 Å². The van der Waals surface area contributed by atoms with Crippen molar-refractivity contribution in [1.29, 1.82) is 0 Å². The molecule has 4 nitrogen and oxygen atoms in total. The molecule has 3 rings (SSSR count). The number of amides is 2. The van der Waals surface area contributed by atoms with Crippen molar-refractivity contribution in [1.82, 2.24) is 4.90 Å². The van der Waals surface area contributed by atoms with Gasteiger partial charge in [0.1, 0.15) is 0 Å². The summed E-state index contributed by atoms with van der Waals surface area (Å²) in [6, 6.07) is 17.5.